The molecule has 0 saturated heterocycles. The molecule has 0 atom stereocenters. The van der Waals surface area contributed by atoms with Crippen molar-refractivity contribution in [2.75, 3.05) is 30.9 Å². The van der Waals surface area contributed by atoms with Crippen LogP contribution in [0.1, 0.15) is 39.0 Å². The van der Waals surface area contributed by atoms with Gasteiger partial charge in [0.2, 0.25) is 5.95 Å². The van der Waals surface area contributed by atoms with Gasteiger partial charge in [0, 0.05) is 26.8 Å². The van der Waals surface area contributed by atoms with Gasteiger partial charge in [-0.1, -0.05) is 19.8 Å². The lowest BCUT2D eigenvalue weighted by Gasteiger charge is -2.28. The molecule has 0 amide bonds. The summed E-state index contributed by atoms with van der Waals surface area (Å²) in [5.41, 5.74) is 0.489. The fourth-order valence-electron chi connectivity index (χ4n) is 2.72. The Morgan fingerprint density at radius 1 is 1.33 bits per heavy atom. The Bertz CT molecular complexity index is 383. The van der Waals surface area contributed by atoms with Crippen LogP contribution in [0.2, 0.25) is 0 Å². The SMILES string of the molecule is CCC1(CNc2ccnc(N(C)C)n2)CCCC1. The maximum absolute atomic E-state index is 4.50. The van der Waals surface area contributed by atoms with Gasteiger partial charge in [-0.3, -0.25) is 0 Å². The van der Waals surface area contributed by atoms with E-state index in [0.717, 1.165) is 18.3 Å². The first-order chi connectivity index (χ1) is 8.65. The summed E-state index contributed by atoms with van der Waals surface area (Å²) in [5, 5.41) is 3.50. The quantitative estimate of drug-likeness (QED) is 0.870. The minimum Gasteiger partial charge on any atom is -0.369 e. The molecule has 18 heavy (non-hydrogen) atoms. The molecule has 1 aliphatic rings. The van der Waals surface area contributed by atoms with Crippen LogP contribution in [0.15, 0.2) is 12.3 Å². The van der Waals surface area contributed by atoms with E-state index in [0.29, 0.717) is 5.41 Å². The van der Waals surface area contributed by atoms with Crippen molar-refractivity contribution in [3.63, 3.8) is 0 Å². The lowest BCUT2D eigenvalue weighted by atomic mass is 9.83. The van der Waals surface area contributed by atoms with Crippen molar-refractivity contribution in [2.45, 2.75) is 39.0 Å². The smallest absolute Gasteiger partial charge is 0.226 e. The number of nitrogens with one attached hydrogen (secondary N) is 1. The standard InChI is InChI=1S/C14H24N4/c1-4-14(8-5-6-9-14)11-16-12-7-10-15-13(17-12)18(2)3/h7,10H,4-6,8-9,11H2,1-3H3,(H,15,16,17). The molecule has 4 nitrogen and oxygen atoms in total. The van der Waals surface area contributed by atoms with Gasteiger partial charge in [-0.15, -0.1) is 0 Å². The highest BCUT2D eigenvalue weighted by atomic mass is 15.2. The zero-order valence-electron chi connectivity index (χ0n) is 11.7. The average molecular weight is 248 g/mol. The number of hydrogen-bond acceptors (Lipinski definition) is 4. The molecule has 1 aromatic rings. The molecule has 1 aromatic heterocycles. The molecule has 1 aliphatic carbocycles. The molecule has 0 aliphatic heterocycles. The fourth-order valence-corrected chi connectivity index (χ4v) is 2.72. The van der Waals surface area contributed by atoms with E-state index in [1.165, 1.54) is 32.1 Å². The van der Waals surface area contributed by atoms with Gasteiger partial charge in [-0.25, -0.2) is 4.98 Å². The monoisotopic (exact) mass is 248 g/mol. The predicted molar refractivity (Wildman–Crippen MR) is 76.0 cm³/mol. The summed E-state index contributed by atoms with van der Waals surface area (Å²) in [6.07, 6.45) is 8.53. The van der Waals surface area contributed by atoms with E-state index in [4.69, 9.17) is 0 Å². The van der Waals surface area contributed by atoms with Crippen LogP contribution < -0.4 is 10.2 Å². The molecule has 0 unspecified atom stereocenters. The van der Waals surface area contributed by atoms with E-state index in [1.54, 1.807) is 0 Å². The van der Waals surface area contributed by atoms with Crippen molar-refractivity contribution in [1.82, 2.24) is 9.97 Å². The Balaban J connectivity index is 1.99. The highest BCUT2D eigenvalue weighted by Gasteiger charge is 2.31. The van der Waals surface area contributed by atoms with Crippen molar-refractivity contribution < 1.29 is 0 Å². The van der Waals surface area contributed by atoms with E-state index < -0.39 is 0 Å². The molecule has 1 fully saturated rings. The first-order valence-corrected chi connectivity index (χ1v) is 6.89. The van der Waals surface area contributed by atoms with Gasteiger partial charge in [-0.05, 0) is 30.7 Å². The van der Waals surface area contributed by atoms with Crippen molar-refractivity contribution in [3.8, 4) is 0 Å². The van der Waals surface area contributed by atoms with Gasteiger partial charge in [0.15, 0.2) is 0 Å². The topological polar surface area (TPSA) is 41.1 Å². The predicted octanol–water partition coefficient (Wildman–Crippen LogP) is 2.92. The largest absolute Gasteiger partial charge is 0.369 e. The highest BCUT2D eigenvalue weighted by Crippen LogP contribution is 2.40. The summed E-state index contributed by atoms with van der Waals surface area (Å²) >= 11 is 0. The maximum atomic E-state index is 4.50. The number of anilines is 2. The molecular weight excluding hydrogens is 224 g/mol. The Labute approximate surface area is 110 Å². The first-order valence-electron chi connectivity index (χ1n) is 6.89. The number of aromatic nitrogens is 2. The molecule has 100 valence electrons. The summed E-state index contributed by atoms with van der Waals surface area (Å²) in [6, 6.07) is 1.95. The molecule has 1 saturated carbocycles. The Morgan fingerprint density at radius 2 is 2.06 bits per heavy atom. The van der Waals surface area contributed by atoms with Crippen LogP contribution in [0, 0.1) is 5.41 Å². The van der Waals surface area contributed by atoms with Crippen LogP contribution in [0.4, 0.5) is 11.8 Å². The lowest BCUT2D eigenvalue weighted by molar-refractivity contribution is 0.306. The fraction of sp³-hybridized carbons (Fsp3) is 0.714. The van der Waals surface area contributed by atoms with Gasteiger partial charge < -0.3 is 10.2 Å². The second-order valence-corrected chi connectivity index (χ2v) is 5.55. The molecule has 0 bridgehead atoms. The first kappa shape index (κ1) is 13.1. The molecule has 1 heterocycles. The molecular formula is C14H24N4. The summed E-state index contributed by atoms with van der Waals surface area (Å²) in [4.78, 5) is 10.7. The van der Waals surface area contributed by atoms with Gasteiger partial charge in [-0.2, -0.15) is 4.98 Å². The van der Waals surface area contributed by atoms with Crippen LogP contribution in [-0.2, 0) is 0 Å². The van der Waals surface area contributed by atoms with Crippen LogP contribution >= 0.6 is 0 Å². The molecule has 2 rings (SSSR count). The minimum absolute atomic E-state index is 0.489. The lowest BCUT2D eigenvalue weighted by Crippen LogP contribution is -2.26. The van der Waals surface area contributed by atoms with Gasteiger partial charge in [0.1, 0.15) is 5.82 Å². The molecule has 4 heteroatoms. The van der Waals surface area contributed by atoms with E-state index in [-0.39, 0.29) is 0 Å². The zero-order chi connectivity index (χ0) is 13.0. The molecule has 0 aromatic carbocycles. The van der Waals surface area contributed by atoms with Gasteiger partial charge in [0.25, 0.3) is 0 Å². The van der Waals surface area contributed by atoms with E-state index in [2.05, 4.69) is 22.2 Å². The zero-order valence-corrected chi connectivity index (χ0v) is 11.7. The van der Waals surface area contributed by atoms with Crippen molar-refractivity contribution in [1.29, 1.82) is 0 Å². The maximum Gasteiger partial charge on any atom is 0.226 e. The third kappa shape index (κ3) is 2.92. The van der Waals surface area contributed by atoms with Crippen molar-refractivity contribution >= 4 is 11.8 Å². The normalized spacial score (nSPS) is 17.7. The van der Waals surface area contributed by atoms with Crippen molar-refractivity contribution in [3.05, 3.63) is 12.3 Å². The van der Waals surface area contributed by atoms with Crippen LogP contribution in [0.25, 0.3) is 0 Å². The summed E-state index contributed by atoms with van der Waals surface area (Å²) in [5.74, 6) is 1.70. The summed E-state index contributed by atoms with van der Waals surface area (Å²) < 4.78 is 0. The molecule has 0 spiro atoms. The summed E-state index contributed by atoms with van der Waals surface area (Å²) in [6.45, 7) is 3.34. The van der Waals surface area contributed by atoms with E-state index >= 15 is 0 Å². The second-order valence-electron chi connectivity index (χ2n) is 5.55. The van der Waals surface area contributed by atoms with E-state index in [1.807, 2.05) is 31.3 Å². The van der Waals surface area contributed by atoms with Crippen LogP contribution in [-0.4, -0.2) is 30.6 Å². The summed E-state index contributed by atoms with van der Waals surface area (Å²) in [7, 11) is 3.92. The number of nitrogens with zero attached hydrogens (tertiary/aromatic N) is 3. The van der Waals surface area contributed by atoms with Crippen LogP contribution in [0.3, 0.4) is 0 Å². The van der Waals surface area contributed by atoms with Crippen LogP contribution in [0.5, 0.6) is 0 Å². The third-order valence-electron chi connectivity index (χ3n) is 4.10. The van der Waals surface area contributed by atoms with Crippen molar-refractivity contribution in [2.24, 2.45) is 5.41 Å². The third-order valence-corrected chi connectivity index (χ3v) is 4.10. The van der Waals surface area contributed by atoms with E-state index in [9.17, 15) is 0 Å². The Kier molecular flexibility index (Phi) is 4.04. The van der Waals surface area contributed by atoms with Gasteiger partial charge >= 0.3 is 0 Å². The Morgan fingerprint density at radius 3 is 2.67 bits per heavy atom. The molecule has 1 N–H and O–H groups in total. The Hall–Kier alpha value is -1.32. The second kappa shape index (κ2) is 5.55. The van der Waals surface area contributed by atoms with Gasteiger partial charge in [0.05, 0.1) is 0 Å². The number of hydrogen-bond donors (Lipinski definition) is 1. The highest BCUT2D eigenvalue weighted by molar-refractivity contribution is 5.40. The molecule has 0 radical (unpaired) electrons. The number of rotatable bonds is 5. The average Bonchev–Trinajstić information content (AvgIpc) is 2.86. The minimum atomic E-state index is 0.489.